The van der Waals surface area contributed by atoms with Crippen molar-refractivity contribution in [3.63, 3.8) is 0 Å². The predicted molar refractivity (Wildman–Crippen MR) is 49.1 cm³/mol. The van der Waals surface area contributed by atoms with E-state index >= 15 is 0 Å². The number of likely N-dealkylation sites (N-methyl/N-ethyl adjacent to an activating group) is 1. The van der Waals surface area contributed by atoms with Crippen LogP contribution in [-0.4, -0.2) is 40.9 Å². The molecule has 2 nitrogen and oxygen atoms in total. The average Bonchev–Trinajstić information content (AvgIpc) is 2.04. The van der Waals surface area contributed by atoms with Crippen LogP contribution in [0.2, 0.25) is 0 Å². The molecule has 0 amide bonds. The van der Waals surface area contributed by atoms with Crippen LogP contribution in [-0.2, 0) is 16.8 Å². The molecule has 0 aliphatic heterocycles. The van der Waals surface area contributed by atoms with Gasteiger partial charge in [0.05, 0.1) is 0 Å². The fraction of sp³-hybridized carbons (Fsp3) is 1.00. The number of nitrogens with zero attached hydrogens (tertiary/aromatic N) is 1. The first-order chi connectivity index (χ1) is 6.18. The minimum absolute atomic E-state index is 0. The second-order valence-electron chi connectivity index (χ2n) is 3.54. The van der Waals surface area contributed by atoms with Gasteiger partial charge in [-0.05, 0) is 26.9 Å². The zero-order valence-electron chi connectivity index (χ0n) is 9.35. The fourth-order valence-electron chi connectivity index (χ4n) is 1.36. The molecule has 1 N–H and O–H groups in total. The molecule has 0 rings (SSSR count). The van der Waals surface area contributed by atoms with Crippen LogP contribution >= 0.6 is 0 Å². The SMILES string of the molecule is CCN(CC)C(C)C(C)(O)C(F)(F)F.[Co]. The van der Waals surface area contributed by atoms with Gasteiger partial charge in [-0.3, -0.25) is 4.90 Å². The Balaban J connectivity index is 0. The molecule has 0 aromatic carbocycles. The molecule has 0 aromatic rings. The van der Waals surface area contributed by atoms with Crippen molar-refractivity contribution in [2.75, 3.05) is 13.1 Å². The Kier molecular flexibility index (Phi) is 7.13. The molecule has 2 unspecified atom stereocenters. The Hall–Kier alpha value is 0.216. The standard InChI is InChI=1S/C9H18F3NO.Co/c1-5-13(6-2)7(3)8(4,14)9(10,11)12;/h7,14H,5-6H2,1-4H3;. The molecule has 15 heavy (non-hydrogen) atoms. The van der Waals surface area contributed by atoms with Crippen LogP contribution in [0.3, 0.4) is 0 Å². The van der Waals surface area contributed by atoms with Gasteiger partial charge in [0.1, 0.15) is 0 Å². The Morgan fingerprint density at radius 2 is 1.53 bits per heavy atom. The van der Waals surface area contributed by atoms with E-state index < -0.39 is 17.8 Å². The van der Waals surface area contributed by atoms with E-state index in [-0.39, 0.29) is 16.8 Å². The zero-order valence-corrected chi connectivity index (χ0v) is 10.4. The van der Waals surface area contributed by atoms with Crippen molar-refractivity contribution < 1.29 is 35.1 Å². The molecule has 6 heteroatoms. The van der Waals surface area contributed by atoms with E-state index in [2.05, 4.69) is 0 Å². The summed E-state index contributed by atoms with van der Waals surface area (Å²) in [7, 11) is 0. The first-order valence-electron chi connectivity index (χ1n) is 4.71. The van der Waals surface area contributed by atoms with Gasteiger partial charge >= 0.3 is 6.18 Å². The minimum atomic E-state index is -4.59. The summed E-state index contributed by atoms with van der Waals surface area (Å²) in [5.41, 5.74) is -2.65. The number of alkyl halides is 3. The fourth-order valence-corrected chi connectivity index (χ4v) is 1.36. The molecule has 0 saturated heterocycles. The van der Waals surface area contributed by atoms with Crippen LogP contribution in [0.4, 0.5) is 13.2 Å². The van der Waals surface area contributed by atoms with Gasteiger partial charge in [0.15, 0.2) is 5.60 Å². The average molecular weight is 272 g/mol. The number of hydrogen-bond donors (Lipinski definition) is 1. The largest absolute Gasteiger partial charge is 0.418 e. The summed E-state index contributed by atoms with van der Waals surface area (Å²) in [6, 6.07) is -0.933. The van der Waals surface area contributed by atoms with E-state index in [9.17, 15) is 18.3 Å². The molecule has 95 valence electrons. The Bertz CT molecular complexity index is 181. The molecule has 0 saturated carbocycles. The molecule has 0 fully saturated rings. The summed E-state index contributed by atoms with van der Waals surface area (Å²) >= 11 is 0. The van der Waals surface area contributed by atoms with Gasteiger partial charge in [0, 0.05) is 22.8 Å². The first kappa shape index (κ1) is 17.6. The van der Waals surface area contributed by atoms with Crippen LogP contribution in [0.5, 0.6) is 0 Å². The second kappa shape index (κ2) is 6.08. The molecular weight excluding hydrogens is 254 g/mol. The molecule has 2 atom stereocenters. The van der Waals surface area contributed by atoms with Crippen molar-refractivity contribution in [1.29, 1.82) is 0 Å². The summed E-state index contributed by atoms with van der Waals surface area (Å²) in [5.74, 6) is 0. The van der Waals surface area contributed by atoms with Crippen LogP contribution in [0, 0.1) is 0 Å². The first-order valence-corrected chi connectivity index (χ1v) is 4.71. The maximum Gasteiger partial charge on any atom is 0.418 e. The van der Waals surface area contributed by atoms with Crippen molar-refractivity contribution >= 4 is 0 Å². The molecule has 0 aliphatic rings. The molecule has 0 bridgehead atoms. The van der Waals surface area contributed by atoms with Crippen molar-refractivity contribution in [2.45, 2.75) is 45.5 Å². The van der Waals surface area contributed by atoms with Gasteiger partial charge in [-0.1, -0.05) is 13.8 Å². The number of rotatable bonds is 4. The van der Waals surface area contributed by atoms with Crippen LogP contribution in [0.15, 0.2) is 0 Å². The third-order valence-electron chi connectivity index (χ3n) is 2.75. The minimum Gasteiger partial charge on any atom is -0.379 e. The maximum absolute atomic E-state index is 12.4. The molecule has 0 aliphatic carbocycles. The Morgan fingerprint density at radius 1 is 1.20 bits per heavy atom. The molecule has 0 aromatic heterocycles. The topological polar surface area (TPSA) is 23.5 Å². The van der Waals surface area contributed by atoms with Crippen LogP contribution in [0.1, 0.15) is 27.7 Å². The number of halogens is 3. The van der Waals surface area contributed by atoms with E-state index in [1.165, 1.54) is 6.92 Å². The summed E-state index contributed by atoms with van der Waals surface area (Å²) in [6.07, 6.45) is -4.59. The third-order valence-corrected chi connectivity index (χ3v) is 2.75. The van der Waals surface area contributed by atoms with Gasteiger partial charge in [0.25, 0.3) is 0 Å². The van der Waals surface area contributed by atoms with Gasteiger partial charge in [-0.15, -0.1) is 0 Å². The van der Waals surface area contributed by atoms with Crippen molar-refractivity contribution in [3.8, 4) is 0 Å². The quantitative estimate of drug-likeness (QED) is 0.846. The summed E-state index contributed by atoms with van der Waals surface area (Å²) < 4.78 is 37.3. The summed E-state index contributed by atoms with van der Waals surface area (Å²) in [6.45, 7) is 6.73. The van der Waals surface area contributed by atoms with Gasteiger partial charge in [-0.25, -0.2) is 0 Å². The molecule has 0 spiro atoms. The van der Waals surface area contributed by atoms with Gasteiger partial charge in [-0.2, -0.15) is 13.2 Å². The predicted octanol–water partition coefficient (Wildman–Crippen LogP) is 2.03. The monoisotopic (exact) mass is 272 g/mol. The molecule has 1 radical (unpaired) electrons. The third kappa shape index (κ3) is 3.94. The van der Waals surface area contributed by atoms with E-state index in [1.807, 2.05) is 0 Å². The molecular formula is C9H18CoF3NO. The van der Waals surface area contributed by atoms with Crippen LogP contribution < -0.4 is 0 Å². The van der Waals surface area contributed by atoms with Gasteiger partial charge in [0.2, 0.25) is 0 Å². The van der Waals surface area contributed by atoms with Gasteiger partial charge < -0.3 is 5.11 Å². The van der Waals surface area contributed by atoms with Crippen molar-refractivity contribution in [1.82, 2.24) is 4.90 Å². The smallest absolute Gasteiger partial charge is 0.379 e. The molecule has 0 heterocycles. The maximum atomic E-state index is 12.4. The zero-order chi connectivity index (χ0) is 11.6. The number of aliphatic hydroxyl groups is 1. The Labute approximate surface area is 99.0 Å². The Morgan fingerprint density at radius 3 is 1.73 bits per heavy atom. The van der Waals surface area contributed by atoms with E-state index in [1.54, 1.807) is 18.7 Å². The summed E-state index contributed by atoms with van der Waals surface area (Å²) in [4.78, 5) is 1.58. The van der Waals surface area contributed by atoms with Crippen molar-refractivity contribution in [3.05, 3.63) is 0 Å². The van der Waals surface area contributed by atoms with E-state index in [4.69, 9.17) is 0 Å². The van der Waals surface area contributed by atoms with Crippen LogP contribution in [0.25, 0.3) is 0 Å². The van der Waals surface area contributed by atoms with E-state index in [0.29, 0.717) is 13.1 Å². The normalized spacial score (nSPS) is 18.2. The summed E-state index contributed by atoms with van der Waals surface area (Å²) in [5, 5.41) is 9.39. The number of hydrogen-bond acceptors (Lipinski definition) is 2. The van der Waals surface area contributed by atoms with E-state index in [0.717, 1.165) is 6.92 Å². The second-order valence-corrected chi connectivity index (χ2v) is 3.54. The van der Waals surface area contributed by atoms with Crippen molar-refractivity contribution in [2.24, 2.45) is 0 Å².